The maximum Gasteiger partial charge on any atom is 0.289 e. The highest BCUT2D eigenvalue weighted by Crippen LogP contribution is 2.35. The number of nitrogens with zero attached hydrogens (tertiary/aromatic N) is 2. The number of benzene rings is 2. The largest absolute Gasteiger partial charge is 0.451 e. The fourth-order valence-corrected chi connectivity index (χ4v) is 5.45. The summed E-state index contributed by atoms with van der Waals surface area (Å²) in [6.07, 6.45) is 5.87. The fraction of sp³-hybridized carbons (Fsp3) is 0.483. The van der Waals surface area contributed by atoms with Crippen LogP contribution in [-0.2, 0) is 5.60 Å². The third kappa shape index (κ3) is 4.91. The van der Waals surface area contributed by atoms with Crippen molar-refractivity contribution >= 4 is 16.9 Å². The Kier molecular flexibility index (Phi) is 6.75. The molecule has 0 spiro atoms. The molecule has 0 bridgehead atoms. The van der Waals surface area contributed by atoms with Gasteiger partial charge in [0.15, 0.2) is 5.76 Å². The number of hydrogen-bond acceptors (Lipinski definition) is 4. The smallest absolute Gasteiger partial charge is 0.289 e. The zero-order chi connectivity index (χ0) is 23.5. The molecule has 2 aromatic carbocycles. The summed E-state index contributed by atoms with van der Waals surface area (Å²) < 4.78 is 5.89. The standard InChI is InChI=1S/C29H36N2O3/c1-22(23-8-4-2-5-9-23)12-17-30-18-13-29(33,14-19-30)25-10-11-26-24(20-25)21-27(34-26)28(32)31-15-6-3-7-16-31/h2,4-5,8-11,20-22,33H,3,6-7,12-19H2,1H3/t22-/m0/s1. The number of fused-ring (bicyclic) bond motifs is 1. The van der Waals surface area contributed by atoms with E-state index in [-0.39, 0.29) is 5.91 Å². The van der Waals surface area contributed by atoms with E-state index in [0.717, 1.165) is 75.8 Å². The highest BCUT2D eigenvalue weighted by atomic mass is 16.3. The molecule has 1 amide bonds. The number of piperidine rings is 2. The molecule has 2 aliphatic rings. The lowest BCUT2D eigenvalue weighted by Crippen LogP contribution is -2.43. The molecule has 3 heterocycles. The average Bonchev–Trinajstić information content (AvgIpc) is 3.32. The second-order valence-corrected chi connectivity index (χ2v) is 10.2. The van der Waals surface area contributed by atoms with Gasteiger partial charge < -0.3 is 19.3 Å². The Labute approximate surface area is 202 Å². The van der Waals surface area contributed by atoms with E-state index in [1.54, 1.807) is 0 Å². The molecule has 2 saturated heterocycles. The molecule has 0 aliphatic carbocycles. The Morgan fingerprint density at radius 2 is 1.74 bits per heavy atom. The van der Waals surface area contributed by atoms with Crippen molar-refractivity contribution in [2.75, 3.05) is 32.7 Å². The highest BCUT2D eigenvalue weighted by molar-refractivity contribution is 5.96. The lowest BCUT2D eigenvalue weighted by molar-refractivity contribution is -0.0261. The predicted molar refractivity (Wildman–Crippen MR) is 135 cm³/mol. The minimum Gasteiger partial charge on any atom is -0.451 e. The Morgan fingerprint density at radius 3 is 2.47 bits per heavy atom. The molecule has 2 fully saturated rings. The number of hydrogen-bond donors (Lipinski definition) is 1. The van der Waals surface area contributed by atoms with Crippen LogP contribution in [0, 0.1) is 0 Å². The van der Waals surface area contributed by atoms with Crippen molar-refractivity contribution in [3.63, 3.8) is 0 Å². The van der Waals surface area contributed by atoms with Crippen molar-refractivity contribution in [1.29, 1.82) is 0 Å². The molecule has 5 heteroatoms. The summed E-state index contributed by atoms with van der Waals surface area (Å²) in [5.41, 5.74) is 2.20. The van der Waals surface area contributed by atoms with Gasteiger partial charge in [0.1, 0.15) is 5.58 Å². The van der Waals surface area contributed by atoms with E-state index in [9.17, 15) is 9.90 Å². The van der Waals surface area contributed by atoms with E-state index in [4.69, 9.17) is 4.42 Å². The van der Waals surface area contributed by atoms with Crippen molar-refractivity contribution in [2.45, 2.75) is 57.0 Å². The van der Waals surface area contributed by atoms with E-state index >= 15 is 0 Å². The van der Waals surface area contributed by atoms with Gasteiger partial charge in [0.2, 0.25) is 0 Å². The third-order valence-corrected chi connectivity index (χ3v) is 7.84. The second kappa shape index (κ2) is 9.93. The van der Waals surface area contributed by atoms with E-state index in [1.165, 1.54) is 12.0 Å². The fourth-order valence-electron chi connectivity index (χ4n) is 5.45. The minimum atomic E-state index is -0.829. The van der Waals surface area contributed by atoms with Crippen molar-refractivity contribution < 1.29 is 14.3 Å². The van der Waals surface area contributed by atoms with Gasteiger partial charge in [-0.05, 0) is 80.3 Å². The molecule has 1 aromatic heterocycles. The number of amides is 1. The van der Waals surface area contributed by atoms with Gasteiger partial charge in [0.05, 0.1) is 5.60 Å². The van der Waals surface area contributed by atoms with Gasteiger partial charge in [-0.25, -0.2) is 0 Å². The van der Waals surface area contributed by atoms with Gasteiger partial charge in [0, 0.05) is 31.6 Å². The molecule has 0 saturated carbocycles. The van der Waals surface area contributed by atoms with Crippen molar-refractivity contribution in [1.82, 2.24) is 9.80 Å². The van der Waals surface area contributed by atoms with Crippen LogP contribution in [-0.4, -0.2) is 53.5 Å². The number of likely N-dealkylation sites (tertiary alicyclic amines) is 2. The first-order chi connectivity index (χ1) is 16.5. The average molecular weight is 461 g/mol. The molecular formula is C29H36N2O3. The SMILES string of the molecule is C[C@@H](CCN1CCC(O)(c2ccc3oc(C(=O)N4CCCCC4)cc3c2)CC1)c1ccccc1. The molecule has 1 N–H and O–H groups in total. The van der Waals surface area contributed by atoms with E-state index in [1.807, 2.05) is 29.2 Å². The topological polar surface area (TPSA) is 56.9 Å². The lowest BCUT2D eigenvalue weighted by Gasteiger charge is -2.39. The van der Waals surface area contributed by atoms with Crippen molar-refractivity contribution in [3.05, 3.63) is 71.5 Å². The van der Waals surface area contributed by atoms with Gasteiger partial charge in [0.25, 0.3) is 5.91 Å². The van der Waals surface area contributed by atoms with Gasteiger partial charge in [-0.15, -0.1) is 0 Å². The Morgan fingerprint density at radius 1 is 1.00 bits per heavy atom. The van der Waals surface area contributed by atoms with Crippen molar-refractivity contribution in [2.24, 2.45) is 0 Å². The maximum absolute atomic E-state index is 12.8. The van der Waals surface area contributed by atoms with Crippen LogP contribution in [0.4, 0.5) is 0 Å². The number of carbonyl (C=O) groups is 1. The summed E-state index contributed by atoms with van der Waals surface area (Å²) in [5.74, 6) is 0.921. The van der Waals surface area contributed by atoms with Gasteiger partial charge in [-0.1, -0.05) is 43.3 Å². The van der Waals surface area contributed by atoms with Gasteiger partial charge >= 0.3 is 0 Å². The first kappa shape index (κ1) is 23.1. The van der Waals surface area contributed by atoms with E-state index in [2.05, 4.69) is 42.2 Å². The predicted octanol–water partition coefficient (Wildman–Crippen LogP) is 5.54. The quantitative estimate of drug-likeness (QED) is 0.525. The molecule has 3 aromatic rings. The highest BCUT2D eigenvalue weighted by Gasteiger charge is 2.34. The first-order valence-corrected chi connectivity index (χ1v) is 12.8. The second-order valence-electron chi connectivity index (χ2n) is 10.2. The molecule has 2 aliphatic heterocycles. The van der Waals surface area contributed by atoms with Gasteiger partial charge in [-0.2, -0.15) is 0 Å². The normalized spacial score (nSPS) is 19.9. The maximum atomic E-state index is 12.8. The van der Waals surface area contributed by atoms with Crippen LogP contribution in [0.1, 0.15) is 73.0 Å². The molecule has 0 radical (unpaired) electrons. The van der Waals surface area contributed by atoms with Crippen molar-refractivity contribution in [3.8, 4) is 0 Å². The lowest BCUT2D eigenvalue weighted by atomic mass is 9.84. The minimum absolute atomic E-state index is 0.0193. The summed E-state index contributed by atoms with van der Waals surface area (Å²) in [4.78, 5) is 17.2. The summed E-state index contributed by atoms with van der Waals surface area (Å²) in [7, 11) is 0. The summed E-state index contributed by atoms with van der Waals surface area (Å²) in [6.45, 7) is 6.73. The zero-order valence-corrected chi connectivity index (χ0v) is 20.2. The summed E-state index contributed by atoms with van der Waals surface area (Å²) in [5, 5.41) is 12.4. The molecule has 5 nitrogen and oxygen atoms in total. The monoisotopic (exact) mass is 460 g/mol. The van der Waals surface area contributed by atoms with Crippen LogP contribution in [0.25, 0.3) is 11.0 Å². The van der Waals surface area contributed by atoms with E-state index < -0.39 is 5.60 Å². The first-order valence-electron chi connectivity index (χ1n) is 12.8. The Hall–Kier alpha value is -2.63. The number of furan rings is 1. The molecule has 5 rings (SSSR count). The molecule has 34 heavy (non-hydrogen) atoms. The number of carbonyl (C=O) groups excluding carboxylic acids is 1. The molecule has 1 atom stereocenters. The van der Waals surface area contributed by atoms with Crippen LogP contribution in [0.3, 0.4) is 0 Å². The van der Waals surface area contributed by atoms with Crippen LogP contribution in [0.15, 0.2) is 59.0 Å². The Bertz CT molecular complexity index is 1110. The van der Waals surface area contributed by atoms with Crippen LogP contribution in [0.5, 0.6) is 0 Å². The molecular weight excluding hydrogens is 424 g/mol. The zero-order valence-electron chi connectivity index (χ0n) is 20.2. The third-order valence-electron chi connectivity index (χ3n) is 7.84. The van der Waals surface area contributed by atoms with Crippen LogP contribution < -0.4 is 0 Å². The molecule has 180 valence electrons. The Balaban J connectivity index is 1.21. The number of rotatable bonds is 6. The van der Waals surface area contributed by atoms with Crippen LogP contribution in [0.2, 0.25) is 0 Å². The summed E-state index contributed by atoms with van der Waals surface area (Å²) >= 11 is 0. The molecule has 0 unspecified atom stereocenters. The summed E-state index contributed by atoms with van der Waals surface area (Å²) in [6, 6.07) is 18.4. The van der Waals surface area contributed by atoms with Gasteiger partial charge in [-0.3, -0.25) is 4.79 Å². The van der Waals surface area contributed by atoms with Crippen LogP contribution >= 0.6 is 0 Å². The van der Waals surface area contributed by atoms with E-state index in [0.29, 0.717) is 17.3 Å². The number of aliphatic hydroxyl groups is 1.